The van der Waals surface area contributed by atoms with E-state index in [-0.39, 0.29) is 18.2 Å². The van der Waals surface area contributed by atoms with Gasteiger partial charge < -0.3 is 14.3 Å². The number of carbonyl (C=O) groups is 2. The fourth-order valence-electron chi connectivity index (χ4n) is 2.27. The molecule has 0 spiro atoms. The third-order valence-corrected chi connectivity index (χ3v) is 4.56. The minimum absolute atomic E-state index is 0.108. The van der Waals surface area contributed by atoms with E-state index in [1.165, 1.54) is 18.0 Å². The minimum atomic E-state index is -0.548. The zero-order chi connectivity index (χ0) is 16.9. The summed E-state index contributed by atoms with van der Waals surface area (Å²) in [5.41, 5.74) is 0. The number of aromatic nitrogens is 3. The molecule has 1 fully saturated rings. The second kappa shape index (κ2) is 7.52. The molecule has 0 radical (unpaired) electrons. The lowest BCUT2D eigenvalue weighted by Gasteiger charge is -2.07. The van der Waals surface area contributed by atoms with Crippen LogP contribution < -0.4 is 10.6 Å². The molecule has 2 aromatic rings. The van der Waals surface area contributed by atoms with Gasteiger partial charge in [-0.15, -0.1) is 10.2 Å². The van der Waals surface area contributed by atoms with E-state index in [1.807, 2.05) is 11.5 Å². The first-order valence-corrected chi connectivity index (χ1v) is 8.82. The fraction of sp³-hybridized carbons (Fsp3) is 0.467. The van der Waals surface area contributed by atoms with Gasteiger partial charge in [-0.2, -0.15) is 0 Å². The molecule has 0 saturated heterocycles. The Bertz CT molecular complexity index is 709. The summed E-state index contributed by atoms with van der Waals surface area (Å²) in [7, 11) is 0. The Hall–Kier alpha value is -2.29. The van der Waals surface area contributed by atoms with Crippen LogP contribution in [0.4, 0.5) is 4.79 Å². The normalized spacial score (nSPS) is 13.7. The van der Waals surface area contributed by atoms with Crippen LogP contribution in [0.1, 0.15) is 37.3 Å². The minimum Gasteiger partial charge on any atom is -0.467 e. The largest absolute Gasteiger partial charge is 0.467 e. The van der Waals surface area contributed by atoms with Gasteiger partial charge in [0.05, 0.1) is 18.6 Å². The molecule has 2 heterocycles. The van der Waals surface area contributed by atoms with Gasteiger partial charge in [0, 0.05) is 12.5 Å². The van der Waals surface area contributed by atoms with Gasteiger partial charge in [-0.05, 0) is 31.9 Å². The number of hydrogen-bond acceptors (Lipinski definition) is 6. The van der Waals surface area contributed by atoms with Crippen molar-refractivity contribution < 1.29 is 14.0 Å². The molecule has 8 nitrogen and oxygen atoms in total. The lowest BCUT2D eigenvalue weighted by molar-refractivity contribution is -0.117. The molecule has 3 amide bonds. The standard InChI is InChI=1S/C15H19N5O3S/c1-2-20-13(10-5-6-10)18-19-15(20)24-9-12(21)17-14(22)16-8-11-4-3-7-23-11/h3-4,7,10H,2,5-6,8-9H2,1H3,(H2,16,17,21,22). The predicted molar refractivity (Wildman–Crippen MR) is 87.5 cm³/mol. The van der Waals surface area contributed by atoms with Gasteiger partial charge in [0.1, 0.15) is 11.6 Å². The molecule has 128 valence electrons. The number of thioether (sulfide) groups is 1. The number of carbonyl (C=O) groups excluding carboxylic acids is 2. The molecule has 1 aliphatic rings. The average Bonchev–Trinajstić information content (AvgIpc) is 3.12. The van der Waals surface area contributed by atoms with Crippen LogP contribution in [-0.2, 0) is 17.9 Å². The van der Waals surface area contributed by atoms with Crippen LogP contribution in [0.15, 0.2) is 28.0 Å². The zero-order valence-electron chi connectivity index (χ0n) is 13.3. The highest BCUT2D eigenvalue weighted by Gasteiger charge is 2.30. The van der Waals surface area contributed by atoms with Crippen molar-refractivity contribution in [2.24, 2.45) is 0 Å². The number of nitrogens with zero attached hydrogens (tertiary/aromatic N) is 3. The Kier molecular flexibility index (Phi) is 5.19. The van der Waals surface area contributed by atoms with Crippen molar-refractivity contribution >= 4 is 23.7 Å². The van der Waals surface area contributed by atoms with Crippen molar-refractivity contribution in [3.63, 3.8) is 0 Å². The van der Waals surface area contributed by atoms with Gasteiger partial charge in [-0.3, -0.25) is 10.1 Å². The van der Waals surface area contributed by atoms with Crippen molar-refractivity contribution in [2.45, 2.75) is 43.9 Å². The van der Waals surface area contributed by atoms with Crippen LogP contribution in [0.2, 0.25) is 0 Å². The number of urea groups is 1. The van der Waals surface area contributed by atoms with E-state index in [9.17, 15) is 9.59 Å². The first-order valence-electron chi connectivity index (χ1n) is 7.83. The van der Waals surface area contributed by atoms with Crippen LogP contribution in [-0.4, -0.2) is 32.5 Å². The Morgan fingerprint density at radius 2 is 2.25 bits per heavy atom. The molecular weight excluding hydrogens is 330 g/mol. The summed E-state index contributed by atoms with van der Waals surface area (Å²) in [5, 5.41) is 13.9. The number of amides is 3. The summed E-state index contributed by atoms with van der Waals surface area (Å²) in [6.07, 6.45) is 3.83. The van der Waals surface area contributed by atoms with Crippen molar-refractivity contribution in [1.82, 2.24) is 25.4 Å². The smallest absolute Gasteiger partial charge is 0.321 e. The van der Waals surface area contributed by atoms with Gasteiger partial charge in [-0.1, -0.05) is 11.8 Å². The summed E-state index contributed by atoms with van der Waals surface area (Å²) in [5.74, 6) is 1.85. The van der Waals surface area contributed by atoms with E-state index in [2.05, 4.69) is 20.8 Å². The van der Waals surface area contributed by atoms with Crippen molar-refractivity contribution in [3.8, 4) is 0 Å². The molecule has 2 aromatic heterocycles. The first kappa shape index (κ1) is 16.6. The van der Waals surface area contributed by atoms with Crippen LogP contribution in [0.5, 0.6) is 0 Å². The van der Waals surface area contributed by atoms with E-state index in [0.29, 0.717) is 16.8 Å². The molecular formula is C15H19N5O3S. The first-order chi connectivity index (χ1) is 11.7. The summed E-state index contributed by atoms with van der Waals surface area (Å²) in [6, 6.07) is 2.93. The van der Waals surface area contributed by atoms with E-state index in [1.54, 1.807) is 12.1 Å². The van der Waals surface area contributed by atoms with Crippen molar-refractivity contribution in [1.29, 1.82) is 0 Å². The zero-order valence-corrected chi connectivity index (χ0v) is 14.1. The summed E-state index contributed by atoms with van der Waals surface area (Å²) >= 11 is 1.28. The van der Waals surface area contributed by atoms with Crippen molar-refractivity contribution in [3.05, 3.63) is 30.0 Å². The summed E-state index contributed by atoms with van der Waals surface area (Å²) in [4.78, 5) is 23.5. The van der Waals surface area contributed by atoms with Crippen LogP contribution >= 0.6 is 11.8 Å². The van der Waals surface area contributed by atoms with Gasteiger partial charge in [0.25, 0.3) is 0 Å². The summed E-state index contributed by atoms with van der Waals surface area (Å²) in [6.45, 7) is 3.03. The predicted octanol–water partition coefficient (Wildman–Crippen LogP) is 1.89. The molecule has 0 bridgehead atoms. The third kappa shape index (κ3) is 4.16. The highest BCUT2D eigenvalue weighted by molar-refractivity contribution is 7.99. The topological polar surface area (TPSA) is 102 Å². The Balaban J connectivity index is 1.44. The average molecular weight is 349 g/mol. The van der Waals surface area contributed by atoms with Gasteiger partial charge in [-0.25, -0.2) is 4.79 Å². The van der Waals surface area contributed by atoms with E-state index < -0.39 is 6.03 Å². The molecule has 1 aliphatic carbocycles. The Labute approximate surface area is 143 Å². The highest BCUT2D eigenvalue weighted by atomic mass is 32.2. The number of imide groups is 1. The number of hydrogen-bond donors (Lipinski definition) is 2. The second-order valence-electron chi connectivity index (χ2n) is 5.46. The van der Waals surface area contributed by atoms with Crippen molar-refractivity contribution in [2.75, 3.05) is 5.75 Å². The number of rotatable bonds is 7. The molecule has 1 saturated carbocycles. The molecule has 0 atom stereocenters. The second-order valence-corrected chi connectivity index (χ2v) is 6.40. The SMILES string of the molecule is CCn1c(SCC(=O)NC(=O)NCc2ccco2)nnc1C1CC1. The van der Waals surface area contributed by atoms with Crippen LogP contribution in [0, 0.1) is 0 Å². The summed E-state index contributed by atoms with van der Waals surface area (Å²) < 4.78 is 7.13. The molecule has 0 unspecified atom stereocenters. The third-order valence-electron chi connectivity index (χ3n) is 3.59. The van der Waals surface area contributed by atoms with E-state index >= 15 is 0 Å². The number of furan rings is 1. The Morgan fingerprint density at radius 1 is 1.42 bits per heavy atom. The lowest BCUT2D eigenvalue weighted by Crippen LogP contribution is -2.39. The molecule has 9 heteroatoms. The molecule has 0 aromatic carbocycles. The van der Waals surface area contributed by atoms with Crippen LogP contribution in [0.3, 0.4) is 0 Å². The fourth-order valence-corrected chi connectivity index (χ4v) is 3.07. The van der Waals surface area contributed by atoms with E-state index in [0.717, 1.165) is 25.2 Å². The maximum atomic E-state index is 11.9. The van der Waals surface area contributed by atoms with Gasteiger partial charge in [0.2, 0.25) is 5.91 Å². The Morgan fingerprint density at radius 3 is 2.92 bits per heavy atom. The highest BCUT2D eigenvalue weighted by Crippen LogP contribution is 2.39. The maximum absolute atomic E-state index is 11.9. The van der Waals surface area contributed by atoms with E-state index in [4.69, 9.17) is 4.42 Å². The molecule has 0 aliphatic heterocycles. The van der Waals surface area contributed by atoms with Gasteiger partial charge >= 0.3 is 6.03 Å². The lowest BCUT2D eigenvalue weighted by atomic mass is 10.4. The van der Waals surface area contributed by atoms with Crippen LogP contribution in [0.25, 0.3) is 0 Å². The maximum Gasteiger partial charge on any atom is 0.321 e. The monoisotopic (exact) mass is 349 g/mol. The molecule has 2 N–H and O–H groups in total. The molecule has 24 heavy (non-hydrogen) atoms. The quantitative estimate of drug-likeness (QED) is 0.740. The van der Waals surface area contributed by atoms with Gasteiger partial charge in [0.15, 0.2) is 5.16 Å². The number of nitrogens with one attached hydrogen (secondary N) is 2. The molecule has 3 rings (SSSR count).